The summed E-state index contributed by atoms with van der Waals surface area (Å²) in [7, 11) is 0. The molecule has 1 aliphatic rings. The van der Waals surface area contributed by atoms with Gasteiger partial charge < -0.3 is 10.6 Å². The van der Waals surface area contributed by atoms with Crippen LogP contribution in [0.4, 0.5) is 11.4 Å². The molecule has 1 aromatic carbocycles. The van der Waals surface area contributed by atoms with E-state index in [1.807, 2.05) is 46.8 Å². The molecule has 1 aliphatic heterocycles. The van der Waals surface area contributed by atoms with E-state index >= 15 is 0 Å². The number of amides is 1. The lowest BCUT2D eigenvalue weighted by Crippen LogP contribution is -2.53. The van der Waals surface area contributed by atoms with Crippen LogP contribution in [0, 0.1) is 11.3 Å². The predicted molar refractivity (Wildman–Crippen MR) is 89.7 cm³/mol. The van der Waals surface area contributed by atoms with Gasteiger partial charge in [0.15, 0.2) is 5.78 Å². The lowest BCUT2D eigenvalue weighted by molar-refractivity contribution is -0.130. The number of anilines is 2. The van der Waals surface area contributed by atoms with Gasteiger partial charge in [0, 0.05) is 22.7 Å². The average Bonchev–Trinajstić information content (AvgIpc) is 2.43. The Bertz CT molecular complexity index is 600. The van der Waals surface area contributed by atoms with Crippen LogP contribution in [0.2, 0.25) is 0 Å². The monoisotopic (exact) mass is 302 g/mol. The number of rotatable bonds is 2. The third-order valence-electron chi connectivity index (χ3n) is 4.12. The van der Waals surface area contributed by atoms with E-state index in [0.717, 1.165) is 17.7 Å². The summed E-state index contributed by atoms with van der Waals surface area (Å²) in [5.74, 6) is 0.0212. The molecule has 4 heteroatoms. The van der Waals surface area contributed by atoms with Gasteiger partial charge in [0.2, 0.25) is 5.91 Å². The molecule has 1 amide bonds. The summed E-state index contributed by atoms with van der Waals surface area (Å²) in [5, 5.41) is 0. The number of aryl methyl sites for hydroxylation is 1. The number of carbonyl (C=O) groups is 2. The summed E-state index contributed by atoms with van der Waals surface area (Å²) in [6.07, 6.45) is 1.44. The molecule has 0 radical (unpaired) electrons. The highest BCUT2D eigenvalue weighted by Gasteiger charge is 2.40. The van der Waals surface area contributed by atoms with Crippen molar-refractivity contribution in [2.24, 2.45) is 11.3 Å². The van der Waals surface area contributed by atoms with Gasteiger partial charge in [-0.2, -0.15) is 0 Å². The molecule has 0 fully saturated rings. The lowest BCUT2D eigenvalue weighted by atomic mass is 9.85. The summed E-state index contributed by atoms with van der Waals surface area (Å²) < 4.78 is 0. The Morgan fingerprint density at radius 2 is 1.91 bits per heavy atom. The predicted octanol–water partition coefficient (Wildman–Crippen LogP) is 3.19. The van der Waals surface area contributed by atoms with E-state index in [4.69, 9.17) is 5.73 Å². The fourth-order valence-electron chi connectivity index (χ4n) is 2.90. The molecule has 22 heavy (non-hydrogen) atoms. The first kappa shape index (κ1) is 16.5. The van der Waals surface area contributed by atoms with Crippen LogP contribution < -0.4 is 10.6 Å². The zero-order chi connectivity index (χ0) is 16.7. The third kappa shape index (κ3) is 3.01. The molecule has 0 bridgehead atoms. The Morgan fingerprint density at radius 1 is 1.27 bits per heavy atom. The largest absolute Gasteiger partial charge is 0.399 e. The molecule has 4 nitrogen and oxygen atoms in total. The number of Topliss-reactive ketones (excluding diaryl/α,β-unsaturated/α-hetero) is 1. The van der Waals surface area contributed by atoms with Crippen molar-refractivity contribution in [3.63, 3.8) is 0 Å². The summed E-state index contributed by atoms with van der Waals surface area (Å²) in [4.78, 5) is 27.3. The van der Waals surface area contributed by atoms with E-state index in [1.165, 1.54) is 0 Å². The van der Waals surface area contributed by atoms with E-state index in [0.29, 0.717) is 12.1 Å². The minimum atomic E-state index is -0.536. The van der Waals surface area contributed by atoms with Crippen molar-refractivity contribution in [1.82, 2.24) is 0 Å². The molecular formula is C18H26N2O2. The Hall–Kier alpha value is -1.84. The highest BCUT2D eigenvalue weighted by Crippen LogP contribution is 2.36. The van der Waals surface area contributed by atoms with E-state index in [1.54, 1.807) is 11.0 Å². The van der Waals surface area contributed by atoms with Gasteiger partial charge in [-0.1, -0.05) is 34.6 Å². The summed E-state index contributed by atoms with van der Waals surface area (Å²) >= 11 is 0. The Balaban J connectivity index is 2.53. The lowest BCUT2D eigenvalue weighted by Gasteiger charge is -2.40. The molecule has 0 spiro atoms. The van der Waals surface area contributed by atoms with Crippen molar-refractivity contribution < 1.29 is 9.59 Å². The Morgan fingerprint density at radius 3 is 2.45 bits per heavy atom. The van der Waals surface area contributed by atoms with Gasteiger partial charge in [0.1, 0.15) is 0 Å². The molecule has 1 unspecified atom stereocenters. The normalized spacial score (nSPS) is 18.3. The van der Waals surface area contributed by atoms with Gasteiger partial charge in [-0.25, -0.2) is 0 Å². The molecular weight excluding hydrogens is 276 g/mol. The van der Waals surface area contributed by atoms with Crippen molar-refractivity contribution in [3.05, 3.63) is 23.8 Å². The number of carbonyl (C=O) groups excluding carboxylic acids is 2. The van der Waals surface area contributed by atoms with Crippen molar-refractivity contribution in [2.45, 2.75) is 53.5 Å². The fourth-order valence-corrected chi connectivity index (χ4v) is 2.90. The Kier molecular flexibility index (Phi) is 4.32. The summed E-state index contributed by atoms with van der Waals surface area (Å²) in [5.41, 5.74) is 7.90. The number of benzene rings is 1. The van der Waals surface area contributed by atoms with Gasteiger partial charge in [0.25, 0.3) is 0 Å². The molecule has 0 aromatic heterocycles. The number of nitrogen functional groups attached to an aromatic ring is 1. The first-order valence-corrected chi connectivity index (χ1v) is 7.88. The molecule has 2 rings (SSSR count). The van der Waals surface area contributed by atoms with Crippen LogP contribution in [0.1, 0.15) is 46.6 Å². The van der Waals surface area contributed by atoms with Crippen LogP contribution in [-0.2, 0) is 16.0 Å². The molecule has 1 heterocycles. The SMILES string of the molecule is CC(C)C(=O)C1CCc2cc(N)ccc2N1C(=O)C(C)(C)C. The average molecular weight is 302 g/mol. The number of fused-ring (bicyclic) bond motifs is 1. The van der Waals surface area contributed by atoms with Crippen LogP contribution in [0.3, 0.4) is 0 Å². The third-order valence-corrected chi connectivity index (χ3v) is 4.12. The van der Waals surface area contributed by atoms with Crippen molar-refractivity contribution in [1.29, 1.82) is 0 Å². The maximum absolute atomic E-state index is 12.9. The zero-order valence-corrected chi connectivity index (χ0v) is 14.1. The molecule has 120 valence electrons. The Labute approximate surface area is 132 Å². The molecule has 0 aliphatic carbocycles. The standard InChI is InChI=1S/C18H26N2O2/c1-11(2)16(21)15-8-6-12-10-13(19)7-9-14(12)20(15)17(22)18(3,4)5/h7,9-11,15H,6,8,19H2,1-5H3. The van der Waals surface area contributed by atoms with Crippen LogP contribution >= 0.6 is 0 Å². The zero-order valence-electron chi connectivity index (χ0n) is 14.1. The summed E-state index contributed by atoms with van der Waals surface area (Å²) in [6.45, 7) is 9.44. The first-order valence-electron chi connectivity index (χ1n) is 7.88. The van der Waals surface area contributed by atoms with Crippen molar-refractivity contribution in [3.8, 4) is 0 Å². The fraction of sp³-hybridized carbons (Fsp3) is 0.556. The molecule has 1 atom stereocenters. The number of nitrogens with two attached hydrogens (primary N) is 1. The summed E-state index contributed by atoms with van der Waals surface area (Å²) in [6, 6.07) is 5.20. The second-order valence-electron chi connectivity index (χ2n) is 7.42. The van der Waals surface area contributed by atoms with Crippen LogP contribution in [0.15, 0.2) is 18.2 Å². The smallest absolute Gasteiger partial charge is 0.233 e. The quantitative estimate of drug-likeness (QED) is 0.853. The second kappa shape index (κ2) is 5.75. The minimum Gasteiger partial charge on any atom is -0.399 e. The maximum Gasteiger partial charge on any atom is 0.233 e. The highest BCUT2D eigenvalue weighted by atomic mass is 16.2. The minimum absolute atomic E-state index is 0.0165. The van der Waals surface area contributed by atoms with E-state index in [9.17, 15) is 9.59 Å². The van der Waals surface area contributed by atoms with Crippen LogP contribution in [-0.4, -0.2) is 17.7 Å². The van der Waals surface area contributed by atoms with Crippen molar-refractivity contribution >= 4 is 23.1 Å². The maximum atomic E-state index is 12.9. The van der Waals surface area contributed by atoms with Crippen LogP contribution in [0.5, 0.6) is 0 Å². The molecule has 1 aromatic rings. The van der Waals surface area contributed by atoms with Gasteiger partial charge in [0.05, 0.1) is 6.04 Å². The molecule has 0 saturated heterocycles. The van der Waals surface area contributed by atoms with E-state index in [2.05, 4.69) is 0 Å². The van der Waals surface area contributed by atoms with Crippen molar-refractivity contribution in [2.75, 3.05) is 10.6 Å². The first-order chi connectivity index (χ1) is 10.1. The van der Waals surface area contributed by atoms with Gasteiger partial charge >= 0.3 is 0 Å². The number of hydrogen-bond donors (Lipinski definition) is 1. The topological polar surface area (TPSA) is 63.4 Å². The van der Waals surface area contributed by atoms with Gasteiger partial charge in [-0.05, 0) is 36.6 Å². The molecule has 0 saturated carbocycles. The number of ketones is 1. The number of nitrogens with zero attached hydrogens (tertiary/aromatic N) is 1. The second-order valence-corrected chi connectivity index (χ2v) is 7.42. The van der Waals surface area contributed by atoms with Gasteiger partial charge in [-0.3, -0.25) is 9.59 Å². The van der Waals surface area contributed by atoms with Gasteiger partial charge in [-0.15, -0.1) is 0 Å². The van der Waals surface area contributed by atoms with Crippen LogP contribution in [0.25, 0.3) is 0 Å². The number of hydrogen-bond acceptors (Lipinski definition) is 3. The van der Waals surface area contributed by atoms with E-state index < -0.39 is 5.41 Å². The van der Waals surface area contributed by atoms with E-state index in [-0.39, 0.29) is 23.7 Å². The molecule has 2 N–H and O–H groups in total. The highest BCUT2D eigenvalue weighted by molar-refractivity contribution is 6.05.